The molecule has 0 aliphatic rings. The summed E-state index contributed by atoms with van der Waals surface area (Å²) in [6.45, 7) is 3.51. The van der Waals surface area contributed by atoms with Gasteiger partial charge in [0.2, 0.25) is 0 Å². The first-order chi connectivity index (χ1) is 8.45. The lowest BCUT2D eigenvalue weighted by atomic mass is 10.2. The van der Waals surface area contributed by atoms with E-state index in [2.05, 4.69) is 0 Å². The number of carboxylic acid groups (broad SMARTS) is 1. The molecule has 0 aromatic heterocycles. The highest BCUT2D eigenvalue weighted by Gasteiger charge is 2.16. The highest BCUT2D eigenvalue weighted by atomic mass is 16.6. The second-order valence-corrected chi connectivity index (χ2v) is 3.57. The molecular weight excluding hydrogens is 238 g/mol. The number of carbonyl (C=O) groups excluding carboxylic acids is 1. The highest BCUT2D eigenvalue weighted by molar-refractivity contribution is 5.93. The zero-order valence-corrected chi connectivity index (χ0v) is 10.2. The summed E-state index contributed by atoms with van der Waals surface area (Å²) in [6, 6.07) is 4.12. The number of esters is 1. The van der Waals surface area contributed by atoms with E-state index in [4.69, 9.17) is 20.3 Å². The van der Waals surface area contributed by atoms with E-state index in [1.165, 1.54) is 18.2 Å². The van der Waals surface area contributed by atoms with Gasteiger partial charge in [0.25, 0.3) is 0 Å². The number of carbonyl (C=O) groups is 2. The van der Waals surface area contributed by atoms with Crippen molar-refractivity contribution in [2.45, 2.75) is 20.0 Å². The Morgan fingerprint density at radius 2 is 2.11 bits per heavy atom. The number of hydrogen-bond acceptors (Lipinski definition) is 5. The van der Waals surface area contributed by atoms with Gasteiger partial charge in [-0.3, -0.25) is 0 Å². The van der Waals surface area contributed by atoms with E-state index in [9.17, 15) is 9.59 Å². The first-order valence-electron chi connectivity index (χ1n) is 5.41. The van der Waals surface area contributed by atoms with Gasteiger partial charge in [-0.1, -0.05) is 0 Å². The summed E-state index contributed by atoms with van der Waals surface area (Å²) in [5, 5.41) is 8.80. The Labute approximate surface area is 104 Å². The van der Waals surface area contributed by atoms with Crippen molar-refractivity contribution in [3.8, 4) is 5.75 Å². The summed E-state index contributed by atoms with van der Waals surface area (Å²) in [5.41, 5.74) is 5.63. The van der Waals surface area contributed by atoms with E-state index < -0.39 is 18.0 Å². The third-order valence-corrected chi connectivity index (χ3v) is 2.18. The van der Waals surface area contributed by atoms with Crippen LogP contribution in [0.4, 0.5) is 5.69 Å². The molecule has 0 bridgehead atoms. The molecule has 0 heterocycles. The van der Waals surface area contributed by atoms with Gasteiger partial charge < -0.3 is 20.3 Å². The third kappa shape index (κ3) is 3.38. The lowest BCUT2D eigenvalue weighted by Gasteiger charge is -2.14. The van der Waals surface area contributed by atoms with Crippen LogP contribution < -0.4 is 10.5 Å². The fourth-order valence-corrected chi connectivity index (χ4v) is 1.32. The molecule has 0 aliphatic carbocycles. The largest absolute Gasteiger partial charge is 0.479 e. The molecule has 6 nitrogen and oxygen atoms in total. The predicted molar refractivity (Wildman–Crippen MR) is 64.5 cm³/mol. The summed E-state index contributed by atoms with van der Waals surface area (Å²) in [5.74, 6) is -1.28. The van der Waals surface area contributed by atoms with Crippen LogP contribution in [0.25, 0.3) is 0 Å². The van der Waals surface area contributed by atoms with Crippen LogP contribution in [0.3, 0.4) is 0 Å². The molecule has 0 aliphatic heterocycles. The van der Waals surface area contributed by atoms with E-state index in [1.807, 2.05) is 0 Å². The van der Waals surface area contributed by atoms with Crippen molar-refractivity contribution in [2.75, 3.05) is 12.3 Å². The standard InChI is InChI=1S/C12H15NO5/c1-3-17-12(16)7(2)18-8-4-5-9(11(14)15)10(13)6-8/h4-7H,3,13H2,1-2H3,(H,14,15). The fourth-order valence-electron chi connectivity index (χ4n) is 1.32. The Kier molecular flexibility index (Phi) is 4.53. The van der Waals surface area contributed by atoms with Gasteiger partial charge in [-0.2, -0.15) is 0 Å². The van der Waals surface area contributed by atoms with Gasteiger partial charge >= 0.3 is 11.9 Å². The van der Waals surface area contributed by atoms with Gasteiger partial charge in [0, 0.05) is 11.8 Å². The van der Waals surface area contributed by atoms with E-state index in [0.717, 1.165) is 0 Å². The number of aromatic carboxylic acids is 1. The van der Waals surface area contributed by atoms with Crippen LogP contribution in [0.5, 0.6) is 5.75 Å². The SMILES string of the molecule is CCOC(=O)C(C)Oc1ccc(C(=O)O)c(N)c1. The minimum absolute atomic E-state index is 0.00821. The van der Waals surface area contributed by atoms with Gasteiger partial charge in [-0.15, -0.1) is 0 Å². The molecule has 0 radical (unpaired) electrons. The van der Waals surface area contributed by atoms with Crippen LogP contribution >= 0.6 is 0 Å². The van der Waals surface area contributed by atoms with Crippen molar-refractivity contribution < 1.29 is 24.2 Å². The molecule has 1 atom stereocenters. The minimum Gasteiger partial charge on any atom is -0.479 e. The lowest BCUT2D eigenvalue weighted by molar-refractivity contribution is -0.150. The maximum atomic E-state index is 11.3. The number of ether oxygens (including phenoxy) is 2. The third-order valence-electron chi connectivity index (χ3n) is 2.18. The van der Waals surface area contributed by atoms with Crippen LogP contribution in [0.1, 0.15) is 24.2 Å². The monoisotopic (exact) mass is 253 g/mol. The van der Waals surface area contributed by atoms with Gasteiger partial charge in [-0.05, 0) is 26.0 Å². The highest BCUT2D eigenvalue weighted by Crippen LogP contribution is 2.21. The van der Waals surface area contributed by atoms with Crippen molar-refractivity contribution in [1.82, 2.24) is 0 Å². The molecule has 0 spiro atoms. The van der Waals surface area contributed by atoms with Gasteiger partial charge in [0.05, 0.1) is 12.2 Å². The summed E-state index contributed by atoms with van der Waals surface area (Å²) in [7, 11) is 0. The smallest absolute Gasteiger partial charge is 0.347 e. The summed E-state index contributed by atoms with van der Waals surface area (Å²) in [6.07, 6.45) is -0.778. The lowest BCUT2D eigenvalue weighted by Crippen LogP contribution is -2.26. The first kappa shape index (κ1) is 13.8. The van der Waals surface area contributed by atoms with E-state index >= 15 is 0 Å². The van der Waals surface area contributed by atoms with Crippen molar-refractivity contribution >= 4 is 17.6 Å². The summed E-state index contributed by atoms with van der Waals surface area (Å²) < 4.78 is 10.1. The van der Waals surface area contributed by atoms with Crippen molar-refractivity contribution in [2.24, 2.45) is 0 Å². The van der Waals surface area contributed by atoms with E-state index in [1.54, 1.807) is 13.8 Å². The van der Waals surface area contributed by atoms with Gasteiger partial charge in [0.1, 0.15) is 5.75 Å². The second kappa shape index (κ2) is 5.90. The summed E-state index contributed by atoms with van der Waals surface area (Å²) in [4.78, 5) is 22.1. The van der Waals surface area contributed by atoms with Gasteiger partial charge in [0.15, 0.2) is 6.10 Å². The Balaban J connectivity index is 2.77. The molecule has 6 heteroatoms. The molecule has 18 heavy (non-hydrogen) atoms. The number of rotatable bonds is 5. The van der Waals surface area contributed by atoms with Crippen molar-refractivity contribution in [3.05, 3.63) is 23.8 Å². The fraction of sp³-hybridized carbons (Fsp3) is 0.333. The average Bonchev–Trinajstić information content (AvgIpc) is 2.28. The molecule has 1 aromatic rings. The average molecular weight is 253 g/mol. The number of nitrogens with two attached hydrogens (primary N) is 1. The molecule has 3 N–H and O–H groups in total. The minimum atomic E-state index is -1.11. The van der Waals surface area contributed by atoms with Crippen LogP contribution in [0, 0.1) is 0 Å². The van der Waals surface area contributed by atoms with E-state index in [-0.39, 0.29) is 17.9 Å². The maximum absolute atomic E-state index is 11.3. The molecule has 0 saturated heterocycles. The number of benzene rings is 1. The van der Waals surface area contributed by atoms with Crippen LogP contribution in [-0.4, -0.2) is 29.8 Å². The first-order valence-corrected chi connectivity index (χ1v) is 5.41. The van der Waals surface area contributed by atoms with Crippen LogP contribution in [0.15, 0.2) is 18.2 Å². The number of nitrogen functional groups attached to an aromatic ring is 1. The van der Waals surface area contributed by atoms with Crippen LogP contribution in [-0.2, 0) is 9.53 Å². The molecule has 98 valence electrons. The Bertz CT molecular complexity index is 458. The Morgan fingerprint density at radius 3 is 2.61 bits per heavy atom. The molecule has 1 aromatic carbocycles. The second-order valence-electron chi connectivity index (χ2n) is 3.57. The van der Waals surface area contributed by atoms with Crippen molar-refractivity contribution in [1.29, 1.82) is 0 Å². The maximum Gasteiger partial charge on any atom is 0.347 e. The van der Waals surface area contributed by atoms with Gasteiger partial charge in [-0.25, -0.2) is 9.59 Å². The van der Waals surface area contributed by atoms with E-state index in [0.29, 0.717) is 5.75 Å². The molecule has 1 unspecified atom stereocenters. The number of carboxylic acids is 1. The van der Waals surface area contributed by atoms with Crippen molar-refractivity contribution in [3.63, 3.8) is 0 Å². The zero-order chi connectivity index (χ0) is 13.7. The molecular formula is C12H15NO5. The molecule has 0 saturated carbocycles. The predicted octanol–water partition coefficient (Wildman–Crippen LogP) is 1.30. The molecule has 1 rings (SSSR count). The zero-order valence-electron chi connectivity index (χ0n) is 10.2. The number of anilines is 1. The summed E-state index contributed by atoms with van der Waals surface area (Å²) >= 11 is 0. The number of hydrogen-bond donors (Lipinski definition) is 2. The normalized spacial score (nSPS) is 11.7. The van der Waals surface area contributed by atoms with Crippen LogP contribution in [0.2, 0.25) is 0 Å². The topological polar surface area (TPSA) is 98.8 Å². The molecule has 0 fully saturated rings. The Morgan fingerprint density at radius 1 is 1.44 bits per heavy atom. The Hall–Kier alpha value is -2.24. The quantitative estimate of drug-likeness (QED) is 0.606. The molecule has 0 amide bonds.